The molecule has 1 fully saturated rings. The van der Waals surface area contributed by atoms with Crippen LogP contribution in [0.4, 0.5) is 0 Å². The lowest BCUT2D eigenvalue weighted by molar-refractivity contribution is -0.180. The highest BCUT2D eigenvalue weighted by atomic mass is 28.4. The number of rotatable bonds is 8. The molecule has 0 aliphatic carbocycles. The van der Waals surface area contributed by atoms with Crippen LogP contribution < -0.4 is 0 Å². The lowest BCUT2D eigenvalue weighted by Gasteiger charge is -2.39. The first-order valence-corrected chi connectivity index (χ1v) is 13.1. The zero-order valence-electron chi connectivity index (χ0n) is 18.1. The van der Waals surface area contributed by atoms with E-state index in [1.165, 1.54) is 0 Å². The molecule has 0 aromatic heterocycles. The van der Waals surface area contributed by atoms with Crippen molar-refractivity contribution >= 4 is 14.1 Å². The van der Waals surface area contributed by atoms with Crippen LogP contribution in [0.25, 0.3) is 0 Å². The van der Waals surface area contributed by atoms with Gasteiger partial charge in [0.25, 0.3) is 0 Å². The molecular formula is C22H36O5Si. The Bertz CT molecular complexity index is 626. The maximum atomic E-state index is 12.5. The minimum atomic E-state index is -1.83. The smallest absolute Gasteiger partial charge is 0.191 e. The molecule has 4 atom stereocenters. The van der Waals surface area contributed by atoms with Crippen LogP contribution in [0.5, 0.6) is 0 Å². The molecule has 1 saturated heterocycles. The van der Waals surface area contributed by atoms with Gasteiger partial charge < -0.3 is 19.0 Å². The van der Waals surface area contributed by atoms with Gasteiger partial charge in [0.1, 0.15) is 12.2 Å². The van der Waals surface area contributed by atoms with E-state index in [9.17, 15) is 9.90 Å². The predicted molar refractivity (Wildman–Crippen MR) is 113 cm³/mol. The van der Waals surface area contributed by atoms with Gasteiger partial charge in [0, 0.05) is 12.5 Å². The summed E-state index contributed by atoms with van der Waals surface area (Å²) in [6.07, 6.45) is -1.39. The zero-order valence-corrected chi connectivity index (χ0v) is 19.1. The average Bonchev–Trinajstić information content (AvgIpc) is 2.63. The van der Waals surface area contributed by atoms with Gasteiger partial charge in [-0.05, 0) is 30.1 Å². The Morgan fingerprint density at radius 2 is 1.79 bits per heavy atom. The third-order valence-corrected chi connectivity index (χ3v) is 10.6. The van der Waals surface area contributed by atoms with Gasteiger partial charge >= 0.3 is 0 Å². The number of hydrogen-bond donors (Lipinski definition) is 1. The first-order valence-electron chi connectivity index (χ1n) is 10.2. The van der Waals surface area contributed by atoms with Crippen molar-refractivity contribution in [3.63, 3.8) is 0 Å². The van der Waals surface area contributed by atoms with Gasteiger partial charge in [-0.25, -0.2) is 0 Å². The Hall–Kier alpha value is -1.05. The fraction of sp³-hybridized carbons (Fsp3) is 0.682. The first kappa shape index (κ1) is 23.2. The molecule has 158 valence electrons. The lowest BCUT2D eigenvalue weighted by atomic mass is 9.88. The van der Waals surface area contributed by atoms with Crippen LogP contribution in [0.15, 0.2) is 30.3 Å². The Balaban J connectivity index is 1.88. The van der Waals surface area contributed by atoms with Gasteiger partial charge in [-0.3, -0.25) is 4.79 Å². The van der Waals surface area contributed by atoms with Crippen LogP contribution in [-0.4, -0.2) is 50.7 Å². The highest BCUT2D eigenvalue weighted by Crippen LogP contribution is 2.37. The summed E-state index contributed by atoms with van der Waals surface area (Å²) >= 11 is 0. The molecule has 0 bridgehead atoms. The highest BCUT2D eigenvalue weighted by molar-refractivity contribution is 6.74. The molecule has 1 aromatic rings. The summed E-state index contributed by atoms with van der Waals surface area (Å²) < 4.78 is 18.0. The monoisotopic (exact) mass is 408 g/mol. The molecule has 6 heteroatoms. The van der Waals surface area contributed by atoms with Gasteiger partial charge in [-0.1, -0.05) is 58.0 Å². The minimum absolute atomic E-state index is 0.145. The Labute approximate surface area is 170 Å². The molecule has 0 radical (unpaired) electrons. The number of benzene rings is 1. The number of aliphatic hydroxyl groups excluding tert-OH is 1. The standard InChI is InChI=1S/C22H36O5Si/c1-16-18(12-13-26-28(5,6)22(2,3)4)27-19(21(24)20(16)23)15-25-14-17-10-8-7-9-11-17/h7-11,16,18-19,21,24H,12-15H2,1-6H3/t16-,18+,19-,21-/m1/s1. The summed E-state index contributed by atoms with van der Waals surface area (Å²) in [7, 11) is -1.83. The molecule has 28 heavy (non-hydrogen) atoms. The van der Waals surface area contributed by atoms with E-state index in [-0.39, 0.29) is 29.5 Å². The summed E-state index contributed by atoms with van der Waals surface area (Å²) in [4.78, 5) is 12.5. The lowest BCUT2D eigenvalue weighted by Crippen LogP contribution is -2.53. The average molecular weight is 409 g/mol. The number of ether oxygens (including phenoxy) is 2. The molecular weight excluding hydrogens is 372 g/mol. The van der Waals surface area contributed by atoms with E-state index in [2.05, 4.69) is 33.9 Å². The summed E-state index contributed by atoms with van der Waals surface area (Å²) in [5, 5.41) is 10.4. The van der Waals surface area contributed by atoms with Crippen molar-refractivity contribution in [3.8, 4) is 0 Å². The first-order chi connectivity index (χ1) is 13.0. The van der Waals surface area contributed by atoms with E-state index in [0.29, 0.717) is 19.6 Å². The van der Waals surface area contributed by atoms with Crippen molar-refractivity contribution in [2.24, 2.45) is 5.92 Å². The summed E-state index contributed by atoms with van der Waals surface area (Å²) in [6, 6.07) is 9.81. The minimum Gasteiger partial charge on any atom is -0.417 e. The Morgan fingerprint density at radius 1 is 1.14 bits per heavy atom. The number of carbonyl (C=O) groups is 1. The van der Waals surface area contributed by atoms with E-state index >= 15 is 0 Å². The summed E-state index contributed by atoms with van der Waals surface area (Å²) in [6.45, 7) is 14.1. The molecule has 2 rings (SSSR count). The molecule has 0 amide bonds. The van der Waals surface area contributed by atoms with E-state index in [1.54, 1.807) is 0 Å². The predicted octanol–water partition coefficient (Wildman–Crippen LogP) is 3.95. The second-order valence-corrected chi connectivity index (χ2v) is 14.1. The Morgan fingerprint density at radius 3 is 2.39 bits per heavy atom. The normalized spacial score (nSPS) is 26.5. The molecule has 1 aromatic carbocycles. The van der Waals surface area contributed by atoms with Crippen molar-refractivity contribution in [1.29, 1.82) is 0 Å². The topological polar surface area (TPSA) is 65.0 Å². The SMILES string of the molecule is C[C@H]1C(=O)[C@H](O)[C@@H](COCc2ccccc2)O[C@H]1CCO[Si](C)(C)C(C)(C)C. The van der Waals surface area contributed by atoms with Crippen molar-refractivity contribution in [3.05, 3.63) is 35.9 Å². The Kier molecular flexibility index (Phi) is 7.99. The third kappa shape index (κ3) is 5.97. The van der Waals surface area contributed by atoms with E-state index < -0.39 is 20.5 Å². The zero-order chi connectivity index (χ0) is 20.9. The van der Waals surface area contributed by atoms with Crippen LogP contribution in [0.3, 0.4) is 0 Å². The van der Waals surface area contributed by atoms with Crippen molar-refractivity contribution in [1.82, 2.24) is 0 Å². The number of Topliss-reactive ketones (excluding diaryl/α,β-unsaturated/α-hetero) is 1. The number of aliphatic hydroxyl groups is 1. The fourth-order valence-corrected chi connectivity index (χ4v) is 4.08. The molecule has 0 spiro atoms. The van der Waals surface area contributed by atoms with Crippen LogP contribution in [-0.2, 0) is 25.3 Å². The van der Waals surface area contributed by atoms with Gasteiger partial charge in [0.15, 0.2) is 14.1 Å². The van der Waals surface area contributed by atoms with E-state index in [1.807, 2.05) is 37.3 Å². The van der Waals surface area contributed by atoms with Gasteiger partial charge in [0.05, 0.1) is 19.3 Å². The fourth-order valence-electron chi connectivity index (χ4n) is 3.01. The summed E-state index contributed by atoms with van der Waals surface area (Å²) in [5.41, 5.74) is 1.05. The molecule has 0 saturated carbocycles. The van der Waals surface area contributed by atoms with Crippen LogP contribution in [0.1, 0.15) is 39.7 Å². The van der Waals surface area contributed by atoms with Crippen LogP contribution in [0, 0.1) is 5.92 Å². The van der Waals surface area contributed by atoms with Crippen molar-refractivity contribution in [2.45, 2.75) is 77.2 Å². The maximum absolute atomic E-state index is 12.5. The molecule has 1 aliphatic rings. The number of ketones is 1. The summed E-state index contributed by atoms with van der Waals surface area (Å²) in [5.74, 6) is -0.514. The van der Waals surface area contributed by atoms with Crippen molar-refractivity contribution < 1.29 is 23.8 Å². The van der Waals surface area contributed by atoms with Gasteiger partial charge in [-0.15, -0.1) is 0 Å². The van der Waals surface area contributed by atoms with Crippen LogP contribution >= 0.6 is 0 Å². The third-order valence-electron chi connectivity index (χ3n) is 6.06. The van der Waals surface area contributed by atoms with Gasteiger partial charge in [0.2, 0.25) is 0 Å². The van der Waals surface area contributed by atoms with Crippen LogP contribution in [0.2, 0.25) is 18.1 Å². The molecule has 0 unspecified atom stereocenters. The molecule has 1 heterocycles. The van der Waals surface area contributed by atoms with E-state index in [0.717, 1.165) is 5.56 Å². The van der Waals surface area contributed by atoms with Crippen molar-refractivity contribution in [2.75, 3.05) is 13.2 Å². The molecule has 5 nitrogen and oxygen atoms in total. The number of hydrogen-bond acceptors (Lipinski definition) is 5. The van der Waals surface area contributed by atoms with E-state index in [4.69, 9.17) is 13.9 Å². The highest BCUT2D eigenvalue weighted by Gasteiger charge is 2.42. The van der Waals surface area contributed by atoms with Gasteiger partial charge in [-0.2, -0.15) is 0 Å². The number of carbonyl (C=O) groups excluding carboxylic acids is 1. The molecule has 1 aliphatic heterocycles. The molecule has 1 N–H and O–H groups in total. The second-order valence-electron chi connectivity index (χ2n) is 9.25. The quantitative estimate of drug-likeness (QED) is 0.660. The second kappa shape index (κ2) is 9.63. The maximum Gasteiger partial charge on any atom is 0.191 e. The largest absolute Gasteiger partial charge is 0.417 e.